The van der Waals surface area contributed by atoms with Gasteiger partial charge in [-0.05, 0) is 0 Å². The van der Waals surface area contributed by atoms with Gasteiger partial charge in [0, 0.05) is 0 Å². The van der Waals surface area contributed by atoms with E-state index in [1.54, 1.807) is 0 Å². The molecule has 0 aliphatic rings. The average molecular weight is 299 g/mol. The minimum atomic E-state index is -2.89. The van der Waals surface area contributed by atoms with Crippen LogP contribution in [0.2, 0.25) is 0 Å². The van der Waals surface area contributed by atoms with Gasteiger partial charge in [-0.2, -0.15) is 0 Å². The molecule has 0 aliphatic carbocycles. The fourth-order valence-corrected chi connectivity index (χ4v) is 8.01. The Morgan fingerprint density at radius 2 is 1.00 bits per heavy atom. The molecule has 0 unspecified atom stereocenters. The molecule has 0 saturated carbocycles. The number of rotatable bonds is 8. The molecule has 0 aliphatic heterocycles. The van der Waals surface area contributed by atoms with E-state index in [-0.39, 0.29) is 0 Å². The van der Waals surface area contributed by atoms with Gasteiger partial charge in [-0.15, -0.1) is 0 Å². The van der Waals surface area contributed by atoms with Gasteiger partial charge in [-0.1, -0.05) is 0 Å². The zero-order valence-corrected chi connectivity index (χ0v) is 15.1. The average Bonchev–Trinajstić information content (AvgIpc) is 2.26. The summed E-state index contributed by atoms with van der Waals surface area (Å²) in [5, 5.41) is 0. The third-order valence-electron chi connectivity index (χ3n) is 3.51. The molecule has 0 atom stereocenters. The summed E-state index contributed by atoms with van der Waals surface area (Å²) < 4.78 is 9.09. The fourth-order valence-electron chi connectivity index (χ4n) is 2.80. The first-order valence-corrected chi connectivity index (χ1v) is 9.65. The molecule has 4 nitrogen and oxygen atoms in total. The van der Waals surface area contributed by atoms with Crippen LogP contribution in [0.15, 0.2) is 0 Å². The predicted octanol–water partition coefficient (Wildman–Crippen LogP) is 3.16. The van der Waals surface area contributed by atoms with Crippen LogP contribution in [-0.4, -0.2) is 74.1 Å². The normalized spacial score (nSPS) is 15.7. The molecule has 112 valence electrons. The first-order valence-electron chi connectivity index (χ1n) is 6.70. The maximum atomic E-state index is 7.36. The van der Waals surface area contributed by atoms with Gasteiger partial charge in [0.2, 0.25) is 0 Å². The van der Waals surface area contributed by atoms with Crippen molar-refractivity contribution in [3.8, 4) is 0 Å². The van der Waals surface area contributed by atoms with Crippen LogP contribution in [0, 0.1) is 0 Å². The molecule has 0 amide bonds. The number of hydrogen-bond donors (Lipinski definition) is 0. The second-order valence-corrected chi connectivity index (χ2v) is 11.8. The number of hydrogen-bond acceptors (Lipinski definition) is 4. The Balaban J connectivity index is 5.82. The van der Waals surface area contributed by atoms with E-state index in [1.165, 1.54) is 0 Å². The van der Waals surface area contributed by atoms with Gasteiger partial charge in [-0.25, -0.2) is 0 Å². The molecule has 0 rings (SSSR count). The topological polar surface area (TPSA) is 13.0 Å². The van der Waals surface area contributed by atoms with Crippen molar-refractivity contribution >= 4 is 17.8 Å². The maximum absolute atomic E-state index is 7.36. The van der Waals surface area contributed by atoms with Crippen LogP contribution in [0.5, 0.6) is 0 Å². The summed E-state index contributed by atoms with van der Waals surface area (Å²) in [5.74, 6) is 0. The Morgan fingerprint density at radius 1 is 0.722 bits per heavy atom. The minimum absolute atomic E-state index is 1.02. The molecule has 0 aromatic carbocycles. The van der Waals surface area contributed by atoms with Crippen molar-refractivity contribution in [1.29, 1.82) is 0 Å². The van der Waals surface area contributed by atoms with E-state index >= 15 is 0 Å². The van der Waals surface area contributed by atoms with E-state index in [0.717, 1.165) is 25.9 Å². The van der Waals surface area contributed by atoms with Crippen LogP contribution in [0.25, 0.3) is 0 Å². The van der Waals surface area contributed by atoms with Gasteiger partial charge < -0.3 is 0 Å². The molecule has 0 heterocycles. The monoisotopic (exact) mass is 298 g/mol. The first kappa shape index (κ1) is 18.6. The predicted molar refractivity (Wildman–Crippen MR) is 86.0 cm³/mol. The van der Waals surface area contributed by atoms with Crippen molar-refractivity contribution in [3.63, 3.8) is 0 Å². The van der Waals surface area contributed by atoms with Crippen LogP contribution >= 0.6 is 17.8 Å². The molecule has 0 aromatic rings. The van der Waals surface area contributed by atoms with E-state index in [2.05, 4.69) is 74.8 Å². The molecule has 0 radical (unpaired) electrons. The van der Waals surface area contributed by atoms with Crippen LogP contribution in [0.3, 0.4) is 0 Å². The fraction of sp³-hybridized carbons (Fsp3) is 1.00. The molecule has 0 bridgehead atoms. The van der Waals surface area contributed by atoms with Crippen LogP contribution in [0.4, 0.5) is 0 Å². The first-order chi connectivity index (χ1) is 8.17. The molecular weight excluding hydrogens is 267 g/mol. The zero-order chi connectivity index (χ0) is 14.6. The van der Waals surface area contributed by atoms with Gasteiger partial charge in [-0.3, -0.25) is 0 Å². The van der Waals surface area contributed by atoms with Crippen molar-refractivity contribution in [3.05, 3.63) is 0 Å². The zero-order valence-electron chi connectivity index (χ0n) is 13.4. The summed E-state index contributed by atoms with van der Waals surface area (Å²) in [5.41, 5.74) is 0. The standard InChI is InChI=1S/C12H32ClN4P/c1-9-11-17(12-10-2)18(13,14(3)4,15(5)6)16(7)8/h9-12H2,1-8H3. The Kier molecular flexibility index (Phi) is 7.04. The Bertz CT molecular complexity index is 228. The van der Waals surface area contributed by atoms with Gasteiger partial charge >= 0.3 is 119 Å². The third-order valence-corrected chi connectivity index (χ3v) is 12.4. The Hall–Kier alpha value is 0.560. The second-order valence-electron chi connectivity index (χ2n) is 5.33. The Labute approximate surface area is 119 Å². The summed E-state index contributed by atoms with van der Waals surface area (Å²) >= 11 is 7.36. The van der Waals surface area contributed by atoms with Crippen LogP contribution in [0.1, 0.15) is 26.7 Å². The van der Waals surface area contributed by atoms with Crippen molar-refractivity contribution in [1.82, 2.24) is 18.7 Å². The van der Waals surface area contributed by atoms with Crippen molar-refractivity contribution in [2.24, 2.45) is 0 Å². The quantitative estimate of drug-likeness (QED) is 0.638. The van der Waals surface area contributed by atoms with E-state index in [1.807, 2.05) is 0 Å². The van der Waals surface area contributed by atoms with Gasteiger partial charge in [0.25, 0.3) is 0 Å². The van der Waals surface area contributed by atoms with Crippen LogP contribution < -0.4 is 0 Å². The SMILES string of the molecule is CCCN(CCC)P(Cl)(N(C)C)(N(C)C)N(C)C. The van der Waals surface area contributed by atoms with Crippen molar-refractivity contribution in [2.45, 2.75) is 26.7 Å². The second kappa shape index (κ2) is 6.83. The van der Waals surface area contributed by atoms with E-state index in [0.29, 0.717) is 0 Å². The Morgan fingerprint density at radius 3 is 1.17 bits per heavy atom. The number of nitrogens with zero attached hydrogens (tertiary/aromatic N) is 4. The van der Waals surface area contributed by atoms with Crippen molar-refractivity contribution < 1.29 is 0 Å². The molecule has 0 saturated heterocycles. The summed E-state index contributed by atoms with van der Waals surface area (Å²) in [6.45, 7) is 3.57. The molecule has 18 heavy (non-hydrogen) atoms. The summed E-state index contributed by atoms with van der Waals surface area (Å²) in [6, 6.07) is 0. The molecule has 0 N–H and O–H groups in total. The van der Waals surface area contributed by atoms with Crippen molar-refractivity contribution in [2.75, 3.05) is 55.4 Å². The van der Waals surface area contributed by atoms with Gasteiger partial charge in [0.15, 0.2) is 0 Å². The molecule has 0 fully saturated rings. The summed E-state index contributed by atoms with van der Waals surface area (Å²) in [4.78, 5) is 0. The third kappa shape index (κ3) is 2.70. The van der Waals surface area contributed by atoms with Crippen LogP contribution in [-0.2, 0) is 0 Å². The summed E-state index contributed by atoms with van der Waals surface area (Å²) in [6.07, 6.45) is 2.22. The van der Waals surface area contributed by atoms with E-state index in [9.17, 15) is 0 Å². The van der Waals surface area contributed by atoms with E-state index < -0.39 is 6.56 Å². The van der Waals surface area contributed by atoms with Gasteiger partial charge in [0.1, 0.15) is 0 Å². The molecule has 0 spiro atoms. The van der Waals surface area contributed by atoms with E-state index in [4.69, 9.17) is 11.2 Å². The van der Waals surface area contributed by atoms with Gasteiger partial charge in [0.05, 0.1) is 0 Å². The molecule has 6 heteroatoms. The summed E-state index contributed by atoms with van der Waals surface area (Å²) in [7, 11) is 12.5. The molecular formula is C12H32ClN4P. The number of halogens is 1. The molecule has 0 aromatic heterocycles.